The Kier molecular flexibility index (Phi) is 7.36. The molecule has 0 N–H and O–H groups in total. The summed E-state index contributed by atoms with van der Waals surface area (Å²) in [6.45, 7) is 3.51. The molecule has 0 aliphatic heterocycles. The molecular formula is C24H36O3S. The average molecular weight is 405 g/mol. The number of sulfone groups is 1. The van der Waals surface area contributed by atoms with Gasteiger partial charge in [0.25, 0.3) is 0 Å². The fourth-order valence-corrected chi connectivity index (χ4v) is 6.24. The Hall–Kier alpha value is -1.16. The van der Waals surface area contributed by atoms with Crippen LogP contribution in [0.4, 0.5) is 0 Å². The van der Waals surface area contributed by atoms with Gasteiger partial charge >= 0.3 is 0 Å². The van der Waals surface area contributed by atoms with Crippen molar-refractivity contribution in [3.8, 4) is 0 Å². The molecule has 1 aromatic carbocycles. The van der Waals surface area contributed by atoms with Crippen LogP contribution >= 0.6 is 0 Å². The minimum atomic E-state index is -2.98. The zero-order valence-electron chi connectivity index (χ0n) is 17.5. The van der Waals surface area contributed by atoms with Gasteiger partial charge in [0, 0.05) is 12.3 Å². The number of rotatable bonds is 7. The molecule has 0 radical (unpaired) electrons. The van der Waals surface area contributed by atoms with Gasteiger partial charge < -0.3 is 0 Å². The summed E-state index contributed by atoms with van der Waals surface area (Å²) >= 11 is 0. The standard InChI is InChI=1S/C24H36O3S/c1-18(2)28(26,27)17-20-10-14-23(15-11-20)24(25)16-19-8-12-22(13-9-19)21-6-4-3-5-7-21/h8-9,12-13,18,20-21,23H,3-7,10-11,14-17H2,1-2H3. The van der Waals surface area contributed by atoms with Crippen molar-refractivity contribution in [2.24, 2.45) is 11.8 Å². The fourth-order valence-electron chi connectivity index (χ4n) is 4.86. The number of benzene rings is 1. The van der Waals surface area contributed by atoms with E-state index in [4.69, 9.17) is 0 Å². The summed E-state index contributed by atoms with van der Waals surface area (Å²) in [4.78, 5) is 12.7. The van der Waals surface area contributed by atoms with Crippen molar-refractivity contribution in [2.45, 2.75) is 89.2 Å². The second kappa shape index (κ2) is 9.56. The predicted octanol–water partition coefficient (Wildman–Crippen LogP) is 5.48. The molecule has 0 spiro atoms. The van der Waals surface area contributed by atoms with Crippen LogP contribution in [0, 0.1) is 11.8 Å². The molecule has 0 heterocycles. The molecule has 28 heavy (non-hydrogen) atoms. The van der Waals surface area contributed by atoms with Gasteiger partial charge in [-0.25, -0.2) is 8.42 Å². The van der Waals surface area contributed by atoms with E-state index in [0.29, 0.717) is 18.1 Å². The molecule has 2 aliphatic rings. The molecule has 0 unspecified atom stereocenters. The molecule has 2 saturated carbocycles. The fraction of sp³-hybridized carbons (Fsp3) is 0.708. The van der Waals surface area contributed by atoms with E-state index < -0.39 is 9.84 Å². The van der Waals surface area contributed by atoms with Crippen molar-refractivity contribution in [1.29, 1.82) is 0 Å². The van der Waals surface area contributed by atoms with Crippen molar-refractivity contribution in [2.75, 3.05) is 5.75 Å². The van der Waals surface area contributed by atoms with Crippen LogP contribution in [-0.2, 0) is 21.1 Å². The Bertz CT molecular complexity index is 735. The SMILES string of the molecule is CC(C)S(=O)(=O)CC1CCC(C(=O)Cc2ccc(C3CCCCC3)cc2)CC1. The molecule has 3 rings (SSSR count). The number of carbonyl (C=O) groups is 1. The highest BCUT2D eigenvalue weighted by Gasteiger charge is 2.30. The van der Waals surface area contributed by atoms with E-state index in [9.17, 15) is 13.2 Å². The topological polar surface area (TPSA) is 51.2 Å². The van der Waals surface area contributed by atoms with Gasteiger partial charge in [-0.3, -0.25) is 4.79 Å². The van der Waals surface area contributed by atoms with Crippen molar-refractivity contribution < 1.29 is 13.2 Å². The first kappa shape index (κ1) is 21.5. The first-order valence-electron chi connectivity index (χ1n) is 11.2. The number of hydrogen-bond acceptors (Lipinski definition) is 3. The first-order chi connectivity index (χ1) is 13.3. The minimum Gasteiger partial charge on any atom is -0.299 e. The molecule has 0 bridgehead atoms. The molecule has 156 valence electrons. The molecule has 0 amide bonds. The summed E-state index contributed by atoms with van der Waals surface area (Å²) in [5, 5.41) is -0.302. The van der Waals surface area contributed by atoms with E-state index in [1.807, 2.05) is 0 Å². The highest BCUT2D eigenvalue weighted by Crippen LogP contribution is 2.34. The monoisotopic (exact) mass is 404 g/mol. The smallest absolute Gasteiger partial charge is 0.152 e. The second-order valence-electron chi connectivity index (χ2n) is 9.32. The molecular weight excluding hydrogens is 368 g/mol. The average Bonchev–Trinajstić information content (AvgIpc) is 2.69. The van der Waals surface area contributed by atoms with Crippen LogP contribution in [0.1, 0.15) is 88.7 Å². The van der Waals surface area contributed by atoms with Crippen LogP contribution < -0.4 is 0 Å². The Morgan fingerprint density at radius 2 is 1.54 bits per heavy atom. The van der Waals surface area contributed by atoms with Crippen LogP contribution in [0.15, 0.2) is 24.3 Å². The predicted molar refractivity (Wildman–Crippen MR) is 115 cm³/mol. The highest BCUT2D eigenvalue weighted by molar-refractivity contribution is 7.91. The Morgan fingerprint density at radius 3 is 2.11 bits per heavy atom. The molecule has 4 heteroatoms. The van der Waals surface area contributed by atoms with Crippen LogP contribution in [0.3, 0.4) is 0 Å². The summed E-state index contributed by atoms with van der Waals surface area (Å²) < 4.78 is 24.3. The maximum Gasteiger partial charge on any atom is 0.152 e. The lowest BCUT2D eigenvalue weighted by atomic mass is 9.79. The van der Waals surface area contributed by atoms with Gasteiger partial charge in [-0.1, -0.05) is 43.5 Å². The van der Waals surface area contributed by atoms with Gasteiger partial charge in [0.2, 0.25) is 0 Å². The second-order valence-corrected chi connectivity index (χ2v) is 11.9. The largest absolute Gasteiger partial charge is 0.299 e. The van der Waals surface area contributed by atoms with Crippen LogP contribution in [-0.4, -0.2) is 25.2 Å². The molecule has 0 aromatic heterocycles. The van der Waals surface area contributed by atoms with E-state index in [1.54, 1.807) is 13.8 Å². The van der Waals surface area contributed by atoms with Gasteiger partial charge in [0.15, 0.2) is 9.84 Å². The third-order valence-electron chi connectivity index (χ3n) is 6.92. The van der Waals surface area contributed by atoms with Gasteiger partial charge in [0.1, 0.15) is 5.78 Å². The molecule has 2 aliphatic carbocycles. The number of Topliss-reactive ketones (excluding diaryl/α,β-unsaturated/α-hetero) is 1. The highest BCUT2D eigenvalue weighted by atomic mass is 32.2. The van der Waals surface area contributed by atoms with Crippen LogP contribution in [0.2, 0.25) is 0 Å². The van der Waals surface area contributed by atoms with E-state index in [2.05, 4.69) is 24.3 Å². The lowest BCUT2D eigenvalue weighted by Gasteiger charge is -2.28. The molecule has 2 fully saturated rings. The Morgan fingerprint density at radius 1 is 0.929 bits per heavy atom. The first-order valence-corrected chi connectivity index (χ1v) is 12.9. The molecule has 0 saturated heterocycles. The summed E-state index contributed by atoms with van der Waals surface area (Å²) in [5.41, 5.74) is 2.55. The number of hydrogen-bond donors (Lipinski definition) is 0. The quantitative estimate of drug-likeness (QED) is 0.605. The van der Waals surface area contributed by atoms with Crippen LogP contribution in [0.5, 0.6) is 0 Å². The summed E-state index contributed by atoms with van der Waals surface area (Å²) in [6.07, 6.45) is 10.6. The van der Waals surface area contributed by atoms with Gasteiger partial charge in [-0.05, 0) is 75.3 Å². The van der Waals surface area contributed by atoms with Gasteiger partial charge in [0.05, 0.1) is 11.0 Å². The number of ketones is 1. The summed E-state index contributed by atoms with van der Waals surface area (Å²) in [7, 11) is -2.98. The maximum absolute atomic E-state index is 12.7. The van der Waals surface area contributed by atoms with Crippen molar-refractivity contribution in [1.82, 2.24) is 0 Å². The zero-order valence-corrected chi connectivity index (χ0v) is 18.3. The summed E-state index contributed by atoms with van der Waals surface area (Å²) in [5.74, 6) is 1.66. The third-order valence-corrected chi connectivity index (χ3v) is 9.30. The van der Waals surface area contributed by atoms with Gasteiger partial charge in [-0.15, -0.1) is 0 Å². The summed E-state index contributed by atoms with van der Waals surface area (Å²) in [6, 6.07) is 8.74. The zero-order chi connectivity index (χ0) is 20.1. The minimum absolute atomic E-state index is 0.107. The van der Waals surface area contributed by atoms with E-state index in [-0.39, 0.29) is 22.8 Å². The van der Waals surface area contributed by atoms with Crippen molar-refractivity contribution >= 4 is 15.6 Å². The van der Waals surface area contributed by atoms with E-state index >= 15 is 0 Å². The number of carbonyl (C=O) groups excluding carboxylic acids is 1. The van der Waals surface area contributed by atoms with Crippen molar-refractivity contribution in [3.05, 3.63) is 35.4 Å². The molecule has 1 aromatic rings. The van der Waals surface area contributed by atoms with Crippen molar-refractivity contribution in [3.63, 3.8) is 0 Å². The Balaban J connectivity index is 1.48. The van der Waals surface area contributed by atoms with E-state index in [0.717, 1.165) is 31.2 Å². The normalized spacial score (nSPS) is 24.4. The third kappa shape index (κ3) is 5.68. The van der Waals surface area contributed by atoms with E-state index in [1.165, 1.54) is 37.7 Å². The lowest BCUT2D eigenvalue weighted by molar-refractivity contribution is -0.123. The van der Waals surface area contributed by atoms with Crippen LogP contribution in [0.25, 0.3) is 0 Å². The Labute approximate surface area is 171 Å². The lowest BCUT2D eigenvalue weighted by Crippen LogP contribution is -2.29. The molecule has 3 nitrogen and oxygen atoms in total. The van der Waals surface area contributed by atoms with Gasteiger partial charge in [-0.2, -0.15) is 0 Å². The molecule has 0 atom stereocenters. The maximum atomic E-state index is 12.7.